The average Bonchev–Trinajstić information content (AvgIpc) is 2.44. The number of methoxy groups -OCH3 is 2. The largest absolute Gasteiger partial charge is 0.493 e. The van der Waals surface area contributed by atoms with Gasteiger partial charge < -0.3 is 20.5 Å². The first-order chi connectivity index (χ1) is 9.41. The molecule has 0 saturated heterocycles. The summed E-state index contributed by atoms with van der Waals surface area (Å²) < 4.78 is 10.4. The molecule has 112 valence electrons. The first-order valence-electron chi connectivity index (χ1n) is 6.64. The van der Waals surface area contributed by atoms with Crippen molar-refractivity contribution >= 4 is 5.91 Å². The molecule has 0 aliphatic carbocycles. The third kappa shape index (κ3) is 4.74. The van der Waals surface area contributed by atoms with Gasteiger partial charge in [-0.2, -0.15) is 0 Å². The van der Waals surface area contributed by atoms with Crippen molar-refractivity contribution in [2.24, 2.45) is 5.73 Å². The lowest BCUT2D eigenvalue weighted by molar-refractivity contribution is -0.122. The molecule has 0 bridgehead atoms. The second kappa shape index (κ2) is 7.14. The number of benzene rings is 1. The van der Waals surface area contributed by atoms with Crippen molar-refractivity contribution < 1.29 is 14.3 Å². The molecule has 1 amide bonds. The molecule has 3 N–H and O–H groups in total. The Kier molecular flexibility index (Phi) is 5.82. The van der Waals surface area contributed by atoms with Gasteiger partial charge in [0.05, 0.1) is 14.2 Å². The van der Waals surface area contributed by atoms with E-state index < -0.39 is 0 Å². The topological polar surface area (TPSA) is 73.6 Å². The lowest BCUT2D eigenvalue weighted by atomic mass is 10.0. The Hall–Kier alpha value is -1.75. The SMILES string of the molecule is COc1ccc(CCC(=O)NC(C)(C)CN)cc1OC. The zero-order valence-corrected chi connectivity index (χ0v) is 12.7. The fourth-order valence-corrected chi connectivity index (χ4v) is 1.78. The number of ether oxygens (including phenoxy) is 2. The van der Waals surface area contributed by atoms with Crippen molar-refractivity contribution in [3.63, 3.8) is 0 Å². The van der Waals surface area contributed by atoms with Crippen molar-refractivity contribution in [3.8, 4) is 11.5 Å². The van der Waals surface area contributed by atoms with E-state index in [4.69, 9.17) is 15.2 Å². The van der Waals surface area contributed by atoms with Crippen molar-refractivity contribution in [2.45, 2.75) is 32.2 Å². The maximum absolute atomic E-state index is 11.8. The Bertz CT molecular complexity index is 458. The van der Waals surface area contributed by atoms with Crippen LogP contribution >= 0.6 is 0 Å². The van der Waals surface area contributed by atoms with E-state index in [2.05, 4.69) is 5.32 Å². The molecular weight excluding hydrogens is 256 g/mol. The lowest BCUT2D eigenvalue weighted by Crippen LogP contribution is -2.48. The van der Waals surface area contributed by atoms with Crippen LogP contribution in [0.25, 0.3) is 0 Å². The van der Waals surface area contributed by atoms with E-state index in [1.54, 1.807) is 14.2 Å². The van der Waals surface area contributed by atoms with Crippen molar-refractivity contribution in [3.05, 3.63) is 23.8 Å². The summed E-state index contributed by atoms with van der Waals surface area (Å²) in [5.74, 6) is 1.35. The molecule has 0 spiro atoms. The highest BCUT2D eigenvalue weighted by molar-refractivity contribution is 5.77. The molecule has 1 aromatic carbocycles. The van der Waals surface area contributed by atoms with Gasteiger partial charge in [-0.1, -0.05) is 6.07 Å². The second-order valence-corrected chi connectivity index (χ2v) is 5.33. The Morgan fingerprint density at radius 3 is 2.45 bits per heavy atom. The number of hydrogen-bond acceptors (Lipinski definition) is 4. The monoisotopic (exact) mass is 280 g/mol. The van der Waals surface area contributed by atoms with Gasteiger partial charge in [0.1, 0.15) is 0 Å². The summed E-state index contributed by atoms with van der Waals surface area (Å²) in [7, 11) is 3.19. The van der Waals surface area contributed by atoms with E-state index in [0.29, 0.717) is 30.9 Å². The van der Waals surface area contributed by atoms with Crippen LogP contribution in [-0.2, 0) is 11.2 Å². The zero-order valence-electron chi connectivity index (χ0n) is 12.7. The molecule has 0 atom stereocenters. The number of carbonyl (C=O) groups is 1. The van der Waals surface area contributed by atoms with Gasteiger partial charge in [0.25, 0.3) is 0 Å². The molecule has 5 heteroatoms. The van der Waals surface area contributed by atoms with Crippen LogP contribution < -0.4 is 20.5 Å². The van der Waals surface area contributed by atoms with E-state index in [0.717, 1.165) is 5.56 Å². The van der Waals surface area contributed by atoms with Crippen LogP contribution in [0.2, 0.25) is 0 Å². The third-order valence-electron chi connectivity index (χ3n) is 3.08. The normalized spacial score (nSPS) is 11.1. The van der Waals surface area contributed by atoms with Crippen LogP contribution in [0.15, 0.2) is 18.2 Å². The van der Waals surface area contributed by atoms with Gasteiger partial charge in [-0.3, -0.25) is 4.79 Å². The van der Waals surface area contributed by atoms with Gasteiger partial charge in [-0.25, -0.2) is 0 Å². The molecule has 0 aliphatic heterocycles. The Morgan fingerprint density at radius 2 is 1.90 bits per heavy atom. The summed E-state index contributed by atoms with van der Waals surface area (Å²) in [6.45, 7) is 4.22. The molecule has 0 saturated carbocycles. The Labute approximate surface area is 120 Å². The number of carbonyl (C=O) groups excluding carboxylic acids is 1. The predicted molar refractivity (Wildman–Crippen MR) is 79.1 cm³/mol. The van der Waals surface area contributed by atoms with Crippen molar-refractivity contribution in [1.82, 2.24) is 5.32 Å². The predicted octanol–water partition coefficient (Wildman–Crippen LogP) is 1.49. The van der Waals surface area contributed by atoms with Gasteiger partial charge in [0, 0.05) is 18.5 Å². The van der Waals surface area contributed by atoms with Crippen LogP contribution in [0.4, 0.5) is 0 Å². The van der Waals surface area contributed by atoms with E-state index >= 15 is 0 Å². The number of aryl methyl sites for hydroxylation is 1. The minimum absolute atomic E-state index is 0.00441. The molecule has 0 aromatic heterocycles. The molecule has 0 heterocycles. The molecule has 5 nitrogen and oxygen atoms in total. The highest BCUT2D eigenvalue weighted by atomic mass is 16.5. The highest BCUT2D eigenvalue weighted by Gasteiger charge is 2.17. The molecule has 0 aliphatic rings. The summed E-state index contributed by atoms with van der Waals surface area (Å²) in [6.07, 6.45) is 1.06. The van der Waals surface area contributed by atoms with Gasteiger partial charge >= 0.3 is 0 Å². The Morgan fingerprint density at radius 1 is 1.25 bits per heavy atom. The number of rotatable bonds is 7. The van der Waals surface area contributed by atoms with E-state index in [1.165, 1.54) is 0 Å². The fraction of sp³-hybridized carbons (Fsp3) is 0.533. The maximum atomic E-state index is 11.8. The fourth-order valence-electron chi connectivity index (χ4n) is 1.78. The standard InChI is InChI=1S/C15H24N2O3/c1-15(2,10-16)17-14(18)8-6-11-5-7-12(19-3)13(9-11)20-4/h5,7,9H,6,8,10,16H2,1-4H3,(H,17,18). The summed E-state index contributed by atoms with van der Waals surface area (Å²) in [5, 5.41) is 2.91. The van der Waals surface area contributed by atoms with E-state index in [-0.39, 0.29) is 11.4 Å². The quantitative estimate of drug-likeness (QED) is 0.793. The lowest BCUT2D eigenvalue weighted by Gasteiger charge is -2.24. The average molecular weight is 280 g/mol. The minimum atomic E-state index is -0.366. The van der Waals surface area contributed by atoms with E-state index in [9.17, 15) is 4.79 Å². The molecule has 1 rings (SSSR count). The minimum Gasteiger partial charge on any atom is -0.493 e. The van der Waals surface area contributed by atoms with Gasteiger partial charge in [-0.05, 0) is 38.0 Å². The van der Waals surface area contributed by atoms with Gasteiger partial charge in [0.15, 0.2) is 11.5 Å². The first kappa shape index (κ1) is 16.3. The van der Waals surface area contributed by atoms with Gasteiger partial charge in [-0.15, -0.1) is 0 Å². The second-order valence-electron chi connectivity index (χ2n) is 5.33. The highest BCUT2D eigenvalue weighted by Crippen LogP contribution is 2.27. The molecule has 1 aromatic rings. The number of nitrogens with two attached hydrogens (primary N) is 1. The maximum Gasteiger partial charge on any atom is 0.220 e. The van der Waals surface area contributed by atoms with Crippen LogP contribution in [0.5, 0.6) is 11.5 Å². The molecule has 20 heavy (non-hydrogen) atoms. The van der Waals surface area contributed by atoms with Crippen LogP contribution in [0.3, 0.4) is 0 Å². The summed E-state index contributed by atoms with van der Waals surface area (Å²) in [6, 6.07) is 5.67. The number of nitrogens with one attached hydrogen (secondary N) is 1. The zero-order chi connectivity index (χ0) is 15.2. The van der Waals surface area contributed by atoms with Crippen LogP contribution in [0.1, 0.15) is 25.8 Å². The molecule has 0 unspecified atom stereocenters. The van der Waals surface area contributed by atoms with Crippen molar-refractivity contribution in [2.75, 3.05) is 20.8 Å². The number of hydrogen-bond donors (Lipinski definition) is 2. The Balaban J connectivity index is 2.60. The van der Waals surface area contributed by atoms with Gasteiger partial charge in [0.2, 0.25) is 5.91 Å². The van der Waals surface area contributed by atoms with Crippen molar-refractivity contribution in [1.29, 1.82) is 0 Å². The molecule has 0 radical (unpaired) electrons. The third-order valence-corrected chi connectivity index (χ3v) is 3.08. The summed E-state index contributed by atoms with van der Waals surface area (Å²) in [4.78, 5) is 11.8. The van der Waals surface area contributed by atoms with E-state index in [1.807, 2.05) is 32.0 Å². The number of amides is 1. The first-order valence-corrected chi connectivity index (χ1v) is 6.64. The molecule has 0 fully saturated rings. The summed E-state index contributed by atoms with van der Waals surface area (Å²) in [5.41, 5.74) is 6.25. The van der Waals surface area contributed by atoms with Crippen LogP contribution in [-0.4, -0.2) is 32.2 Å². The van der Waals surface area contributed by atoms with Crippen LogP contribution in [0, 0.1) is 0 Å². The summed E-state index contributed by atoms with van der Waals surface area (Å²) >= 11 is 0. The molecular formula is C15H24N2O3. The smallest absolute Gasteiger partial charge is 0.220 e.